The molecule has 0 aliphatic rings. The van der Waals surface area contributed by atoms with E-state index in [2.05, 4.69) is 20.9 Å². The van der Waals surface area contributed by atoms with Crippen molar-refractivity contribution in [2.45, 2.75) is 6.43 Å². The van der Waals surface area contributed by atoms with Crippen LogP contribution in [-0.4, -0.2) is 17.3 Å². The summed E-state index contributed by atoms with van der Waals surface area (Å²) in [6.45, 7) is 0. The number of aromatic nitrogens is 1. The molecule has 0 aliphatic heterocycles. The number of pyridine rings is 1. The molecule has 0 atom stereocenters. The Bertz CT molecular complexity index is 400. The van der Waals surface area contributed by atoms with Crippen molar-refractivity contribution in [2.24, 2.45) is 0 Å². The smallest absolute Gasteiger partial charge is 0.281 e. The molecule has 3 nitrogen and oxygen atoms in total. The SMILES string of the molecule is COc1c(C(=O)Cl)cnc(C(F)F)c1Br. The van der Waals surface area contributed by atoms with Gasteiger partial charge in [0, 0.05) is 6.20 Å². The molecule has 0 radical (unpaired) electrons. The highest BCUT2D eigenvalue weighted by molar-refractivity contribution is 9.10. The molecule has 0 saturated heterocycles. The summed E-state index contributed by atoms with van der Waals surface area (Å²) in [5.41, 5.74) is -0.552. The van der Waals surface area contributed by atoms with Gasteiger partial charge in [-0.05, 0) is 27.5 Å². The van der Waals surface area contributed by atoms with E-state index in [1.807, 2.05) is 0 Å². The standard InChI is InChI=1S/C8H5BrClF2NO2/c1-15-6-3(7(10)14)2-13-5(4(6)9)8(11)12/h2,8H,1H3. The first-order valence-corrected chi connectivity index (χ1v) is 4.86. The second-order valence-corrected chi connectivity index (χ2v) is 3.62. The minimum atomic E-state index is -2.76. The van der Waals surface area contributed by atoms with Gasteiger partial charge in [-0.2, -0.15) is 0 Å². The number of alkyl halides is 2. The van der Waals surface area contributed by atoms with Gasteiger partial charge in [0.1, 0.15) is 11.4 Å². The molecule has 0 aliphatic carbocycles. The molecular formula is C8H5BrClF2NO2. The molecule has 7 heteroatoms. The van der Waals surface area contributed by atoms with E-state index in [0.29, 0.717) is 0 Å². The van der Waals surface area contributed by atoms with E-state index in [9.17, 15) is 13.6 Å². The van der Waals surface area contributed by atoms with E-state index in [-0.39, 0.29) is 15.8 Å². The molecule has 0 amide bonds. The Kier molecular flexibility index (Phi) is 3.98. The van der Waals surface area contributed by atoms with Crippen LogP contribution in [-0.2, 0) is 0 Å². The molecule has 0 aromatic carbocycles. The summed E-state index contributed by atoms with van der Waals surface area (Å²) in [6, 6.07) is 0. The fourth-order valence-corrected chi connectivity index (χ4v) is 1.76. The van der Waals surface area contributed by atoms with Crippen LogP contribution in [0.25, 0.3) is 0 Å². The molecule has 1 aromatic heterocycles. The minimum absolute atomic E-state index is 0.0414. The highest BCUT2D eigenvalue weighted by Gasteiger charge is 2.22. The van der Waals surface area contributed by atoms with E-state index in [0.717, 1.165) is 6.20 Å². The van der Waals surface area contributed by atoms with Gasteiger partial charge in [-0.3, -0.25) is 9.78 Å². The van der Waals surface area contributed by atoms with Crippen molar-refractivity contribution in [3.05, 3.63) is 21.9 Å². The highest BCUT2D eigenvalue weighted by atomic mass is 79.9. The third kappa shape index (κ3) is 2.43. The molecule has 1 rings (SSSR count). The van der Waals surface area contributed by atoms with Gasteiger partial charge in [-0.25, -0.2) is 8.78 Å². The van der Waals surface area contributed by atoms with Gasteiger partial charge >= 0.3 is 0 Å². The first kappa shape index (κ1) is 12.3. The molecular weight excluding hydrogens is 295 g/mol. The molecule has 0 N–H and O–H groups in total. The minimum Gasteiger partial charge on any atom is -0.495 e. The maximum atomic E-state index is 12.4. The van der Waals surface area contributed by atoms with Crippen LogP contribution in [0, 0.1) is 0 Å². The Balaban J connectivity index is 3.39. The number of carbonyl (C=O) groups is 1. The van der Waals surface area contributed by atoms with Gasteiger partial charge in [0.15, 0.2) is 0 Å². The quantitative estimate of drug-likeness (QED) is 0.805. The Morgan fingerprint density at radius 1 is 1.67 bits per heavy atom. The normalized spacial score (nSPS) is 10.5. The zero-order valence-electron chi connectivity index (χ0n) is 7.43. The number of ether oxygens (including phenoxy) is 1. The monoisotopic (exact) mass is 299 g/mol. The fourth-order valence-electron chi connectivity index (χ4n) is 0.976. The van der Waals surface area contributed by atoms with Crippen molar-refractivity contribution in [3.63, 3.8) is 0 Å². The predicted molar refractivity (Wildman–Crippen MR) is 53.6 cm³/mol. The average Bonchev–Trinajstić information content (AvgIpc) is 2.16. The molecule has 0 spiro atoms. The maximum Gasteiger partial charge on any atom is 0.281 e. The first-order chi connectivity index (χ1) is 6.99. The van der Waals surface area contributed by atoms with Crippen molar-refractivity contribution in [1.29, 1.82) is 0 Å². The van der Waals surface area contributed by atoms with Gasteiger partial charge in [-0.15, -0.1) is 0 Å². The Hall–Kier alpha value is -0.750. The van der Waals surface area contributed by atoms with Crippen LogP contribution in [0.2, 0.25) is 0 Å². The summed E-state index contributed by atoms with van der Waals surface area (Å²) in [4.78, 5) is 14.3. The molecule has 15 heavy (non-hydrogen) atoms. The summed E-state index contributed by atoms with van der Waals surface area (Å²) in [5.74, 6) is -0.0414. The number of halogens is 4. The van der Waals surface area contributed by atoms with Gasteiger partial charge in [0.2, 0.25) is 0 Å². The lowest BCUT2D eigenvalue weighted by atomic mass is 10.2. The van der Waals surface area contributed by atoms with E-state index in [4.69, 9.17) is 16.3 Å². The summed E-state index contributed by atoms with van der Waals surface area (Å²) in [7, 11) is 1.25. The van der Waals surface area contributed by atoms with Gasteiger partial charge < -0.3 is 4.74 Å². The Morgan fingerprint density at radius 3 is 2.67 bits per heavy atom. The van der Waals surface area contributed by atoms with E-state index < -0.39 is 17.4 Å². The van der Waals surface area contributed by atoms with Crippen LogP contribution in [0.1, 0.15) is 22.5 Å². The summed E-state index contributed by atoms with van der Waals surface area (Å²) >= 11 is 8.11. The number of methoxy groups -OCH3 is 1. The first-order valence-electron chi connectivity index (χ1n) is 3.69. The lowest BCUT2D eigenvalue weighted by Gasteiger charge is -2.10. The zero-order chi connectivity index (χ0) is 11.6. The Morgan fingerprint density at radius 2 is 2.27 bits per heavy atom. The van der Waals surface area contributed by atoms with Crippen molar-refractivity contribution < 1.29 is 18.3 Å². The fraction of sp³-hybridized carbons (Fsp3) is 0.250. The maximum absolute atomic E-state index is 12.4. The second-order valence-electron chi connectivity index (χ2n) is 2.48. The summed E-state index contributed by atoms with van der Waals surface area (Å²) in [6.07, 6.45) is -1.80. The van der Waals surface area contributed by atoms with E-state index >= 15 is 0 Å². The predicted octanol–water partition coefficient (Wildman–Crippen LogP) is 3.17. The zero-order valence-corrected chi connectivity index (χ0v) is 9.77. The van der Waals surface area contributed by atoms with Crippen LogP contribution in [0.3, 0.4) is 0 Å². The molecule has 1 aromatic rings. The molecule has 82 valence electrons. The second kappa shape index (κ2) is 4.85. The van der Waals surface area contributed by atoms with Gasteiger partial charge in [0.05, 0.1) is 17.1 Å². The lowest BCUT2D eigenvalue weighted by Crippen LogP contribution is -2.02. The molecule has 0 unspecified atom stereocenters. The highest BCUT2D eigenvalue weighted by Crippen LogP contribution is 2.35. The molecule has 0 saturated carbocycles. The van der Waals surface area contributed by atoms with Crippen LogP contribution in [0.5, 0.6) is 5.75 Å². The number of hydrogen-bond donors (Lipinski definition) is 0. The van der Waals surface area contributed by atoms with Crippen LogP contribution < -0.4 is 4.74 Å². The van der Waals surface area contributed by atoms with Crippen molar-refractivity contribution >= 4 is 32.8 Å². The van der Waals surface area contributed by atoms with E-state index in [1.165, 1.54) is 7.11 Å². The number of nitrogens with zero attached hydrogens (tertiary/aromatic N) is 1. The van der Waals surface area contributed by atoms with Crippen LogP contribution in [0.15, 0.2) is 10.7 Å². The average molecular weight is 300 g/mol. The lowest BCUT2D eigenvalue weighted by molar-refractivity contribution is 0.107. The third-order valence-electron chi connectivity index (χ3n) is 1.62. The Labute approximate surface area is 97.5 Å². The van der Waals surface area contributed by atoms with Crippen molar-refractivity contribution in [2.75, 3.05) is 7.11 Å². The number of rotatable bonds is 3. The number of hydrogen-bond acceptors (Lipinski definition) is 3. The summed E-state index contributed by atoms with van der Waals surface area (Å²) in [5, 5.41) is -0.819. The van der Waals surface area contributed by atoms with Crippen LogP contribution in [0.4, 0.5) is 8.78 Å². The third-order valence-corrected chi connectivity index (χ3v) is 2.59. The number of carbonyl (C=O) groups excluding carboxylic acids is 1. The summed E-state index contributed by atoms with van der Waals surface area (Å²) < 4.78 is 29.6. The molecule has 0 fully saturated rings. The molecule has 0 bridgehead atoms. The van der Waals surface area contributed by atoms with Crippen LogP contribution >= 0.6 is 27.5 Å². The van der Waals surface area contributed by atoms with Crippen molar-refractivity contribution in [3.8, 4) is 5.75 Å². The van der Waals surface area contributed by atoms with E-state index in [1.54, 1.807) is 0 Å². The van der Waals surface area contributed by atoms with Crippen molar-refractivity contribution in [1.82, 2.24) is 4.98 Å². The van der Waals surface area contributed by atoms with Gasteiger partial charge in [-0.1, -0.05) is 0 Å². The topological polar surface area (TPSA) is 39.2 Å². The largest absolute Gasteiger partial charge is 0.495 e. The van der Waals surface area contributed by atoms with Gasteiger partial charge in [0.25, 0.3) is 11.7 Å². The molecule has 1 heterocycles.